The molecule has 3 aliphatic heterocycles. The molecule has 4 atom stereocenters. The van der Waals surface area contributed by atoms with E-state index in [2.05, 4.69) is 4.90 Å². The number of aromatic nitrogens is 1. The summed E-state index contributed by atoms with van der Waals surface area (Å²) in [6.45, 7) is 1.54. The zero-order valence-corrected chi connectivity index (χ0v) is 15.4. The molecule has 0 saturated carbocycles. The van der Waals surface area contributed by atoms with E-state index in [9.17, 15) is 14.4 Å². The Hall–Kier alpha value is -2.12. The molecule has 1 aromatic carbocycles. The molecule has 6 nitrogen and oxygen atoms in total. The lowest BCUT2D eigenvalue weighted by Crippen LogP contribution is -2.38. The molecule has 0 spiro atoms. The first-order valence-corrected chi connectivity index (χ1v) is 9.92. The summed E-state index contributed by atoms with van der Waals surface area (Å²) in [5.41, 5.74) is 1.83. The van der Waals surface area contributed by atoms with Gasteiger partial charge in [0.1, 0.15) is 0 Å². The van der Waals surface area contributed by atoms with Gasteiger partial charge in [0, 0.05) is 43.2 Å². The van der Waals surface area contributed by atoms with Crippen LogP contribution in [0.4, 0.5) is 0 Å². The summed E-state index contributed by atoms with van der Waals surface area (Å²) in [5, 5.41) is 0.985. The van der Waals surface area contributed by atoms with Gasteiger partial charge in [-0.25, -0.2) is 0 Å². The van der Waals surface area contributed by atoms with Crippen LogP contribution in [-0.4, -0.2) is 56.8 Å². The topological polar surface area (TPSA) is 62.6 Å². The summed E-state index contributed by atoms with van der Waals surface area (Å²) in [5.74, 6) is 0.846. The van der Waals surface area contributed by atoms with Crippen molar-refractivity contribution in [3.05, 3.63) is 36.0 Å². The molecule has 0 aliphatic carbocycles. The maximum absolute atomic E-state index is 12.9. The molecule has 3 fully saturated rings. The van der Waals surface area contributed by atoms with Gasteiger partial charge in [0.25, 0.3) is 0 Å². The van der Waals surface area contributed by atoms with Gasteiger partial charge in [-0.3, -0.25) is 28.8 Å². The van der Waals surface area contributed by atoms with Crippen LogP contribution in [-0.2, 0) is 9.59 Å². The van der Waals surface area contributed by atoms with Crippen LogP contribution in [0.15, 0.2) is 30.5 Å². The molecule has 26 heavy (non-hydrogen) atoms. The predicted octanol–water partition coefficient (Wildman–Crippen LogP) is 1.96. The lowest BCUT2D eigenvalue weighted by atomic mass is 9.86. The van der Waals surface area contributed by atoms with Crippen LogP contribution in [0.5, 0.6) is 0 Å². The number of para-hydroxylation sites is 1. The molecule has 5 rings (SSSR count). The molecule has 3 aliphatic rings. The normalized spacial score (nSPS) is 31.1. The number of fused-ring (bicyclic) bond motifs is 4. The van der Waals surface area contributed by atoms with Crippen LogP contribution in [0.1, 0.15) is 23.3 Å². The number of imide groups is 1. The van der Waals surface area contributed by atoms with Gasteiger partial charge in [-0.1, -0.05) is 18.2 Å². The molecule has 4 heterocycles. The third kappa shape index (κ3) is 1.90. The number of nitrogens with zero attached hydrogens (tertiary/aromatic N) is 3. The fraction of sp³-hybridized carbons (Fsp3) is 0.421. The van der Waals surface area contributed by atoms with Crippen LogP contribution in [0, 0.1) is 11.8 Å². The average Bonchev–Trinajstić information content (AvgIpc) is 3.34. The van der Waals surface area contributed by atoms with E-state index in [1.165, 1.54) is 4.90 Å². The van der Waals surface area contributed by atoms with Gasteiger partial charge >= 0.3 is 0 Å². The summed E-state index contributed by atoms with van der Waals surface area (Å²) in [4.78, 5) is 41.3. The number of carbonyl (C=O) groups excluding carboxylic acids is 3. The SMILES string of the molecule is CC(=O)n1cc([C@@H]2[C@@H]3C(=O)N(C)C(=O)[C@@H]3[C@H]3CSCN32)c2ccccc21. The zero-order valence-electron chi connectivity index (χ0n) is 14.6. The van der Waals surface area contributed by atoms with Crippen LogP contribution >= 0.6 is 11.8 Å². The largest absolute Gasteiger partial charge is 0.287 e. The van der Waals surface area contributed by atoms with E-state index in [1.807, 2.05) is 30.5 Å². The van der Waals surface area contributed by atoms with Crippen molar-refractivity contribution in [2.45, 2.75) is 19.0 Å². The number of hydrogen-bond acceptors (Lipinski definition) is 5. The molecule has 2 amide bonds. The van der Waals surface area contributed by atoms with Crippen molar-refractivity contribution in [1.82, 2.24) is 14.4 Å². The lowest BCUT2D eigenvalue weighted by Gasteiger charge is -2.26. The number of carbonyl (C=O) groups is 3. The van der Waals surface area contributed by atoms with Crippen LogP contribution in [0.25, 0.3) is 10.9 Å². The first-order chi connectivity index (χ1) is 12.5. The summed E-state index contributed by atoms with van der Waals surface area (Å²) < 4.78 is 1.65. The lowest BCUT2D eigenvalue weighted by molar-refractivity contribution is -0.139. The van der Waals surface area contributed by atoms with Crippen molar-refractivity contribution < 1.29 is 14.4 Å². The third-order valence-corrected chi connectivity index (χ3v) is 7.14. The van der Waals surface area contributed by atoms with E-state index in [-0.39, 0.29) is 41.6 Å². The Morgan fingerprint density at radius 2 is 1.88 bits per heavy atom. The van der Waals surface area contributed by atoms with E-state index in [4.69, 9.17) is 0 Å². The van der Waals surface area contributed by atoms with Gasteiger partial charge in [-0.05, 0) is 11.6 Å². The van der Waals surface area contributed by atoms with E-state index in [0.29, 0.717) is 0 Å². The minimum atomic E-state index is -0.357. The van der Waals surface area contributed by atoms with E-state index < -0.39 is 0 Å². The van der Waals surface area contributed by atoms with Crippen molar-refractivity contribution in [2.75, 3.05) is 18.7 Å². The van der Waals surface area contributed by atoms with Gasteiger partial charge in [0.2, 0.25) is 17.7 Å². The molecule has 2 aromatic rings. The second-order valence-electron chi connectivity index (χ2n) is 7.30. The number of rotatable bonds is 1. The second kappa shape index (κ2) is 5.44. The Morgan fingerprint density at radius 3 is 2.65 bits per heavy atom. The monoisotopic (exact) mass is 369 g/mol. The van der Waals surface area contributed by atoms with Crippen molar-refractivity contribution >= 4 is 40.4 Å². The molecule has 0 N–H and O–H groups in total. The summed E-state index contributed by atoms with van der Waals surface area (Å²) in [6.07, 6.45) is 1.87. The molecule has 0 bridgehead atoms. The number of likely N-dealkylation sites (tertiary alicyclic amines) is 1. The number of thioether (sulfide) groups is 1. The van der Waals surface area contributed by atoms with Crippen LogP contribution in [0.3, 0.4) is 0 Å². The average molecular weight is 369 g/mol. The molecule has 0 unspecified atom stereocenters. The van der Waals surface area contributed by atoms with Crippen LogP contribution < -0.4 is 0 Å². The Kier molecular flexibility index (Phi) is 3.36. The number of benzene rings is 1. The standard InChI is InChI=1S/C19H19N3O3S/c1-10(23)21-7-12(11-5-3-4-6-13(11)21)17-16-15(14-8-26-9-22(14)17)18(24)20(2)19(16)25/h3-7,14-17H,8-9H2,1-2H3/t14-,15-,16-,17-/m1/s1. The molecule has 1 aromatic heterocycles. The quantitative estimate of drug-likeness (QED) is 0.719. The number of hydrogen-bond donors (Lipinski definition) is 0. The molecule has 0 radical (unpaired) electrons. The van der Waals surface area contributed by atoms with E-state index >= 15 is 0 Å². The predicted molar refractivity (Wildman–Crippen MR) is 98.7 cm³/mol. The Morgan fingerprint density at radius 1 is 1.15 bits per heavy atom. The summed E-state index contributed by atoms with van der Waals surface area (Å²) in [6, 6.07) is 7.72. The highest BCUT2D eigenvalue weighted by Crippen LogP contribution is 2.54. The number of amides is 2. The smallest absolute Gasteiger partial charge is 0.234 e. The highest BCUT2D eigenvalue weighted by atomic mass is 32.2. The maximum atomic E-state index is 12.9. The fourth-order valence-corrected chi connectivity index (χ4v) is 6.25. The first-order valence-electron chi connectivity index (χ1n) is 8.76. The zero-order chi connectivity index (χ0) is 18.2. The van der Waals surface area contributed by atoms with Crippen molar-refractivity contribution in [1.29, 1.82) is 0 Å². The maximum Gasteiger partial charge on any atom is 0.234 e. The molecule has 134 valence electrons. The summed E-state index contributed by atoms with van der Waals surface area (Å²) in [7, 11) is 1.59. The van der Waals surface area contributed by atoms with Crippen molar-refractivity contribution in [3.8, 4) is 0 Å². The first kappa shape index (κ1) is 16.1. The fourth-order valence-electron chi connectivity index (χ4n) is 4.95. The van der Waals surface area contributed by atoms with Gasteiger partial charge in [-0.2, -0.15) is 0 Å². The highest BCUT2D eigenvalue weighted by Gasteiger charge is 2.62. The van der Waals surface area contributed by atoms with Crippen molar-refractivity contribution in [2.24, 2.45) is 11.8 Å². The Labute approximate surface area is 155 Å². The molecular formula is C19H19N3O3S. The Bertz CT molecular complexity index is 968. The van der Waals surface area contributed by atoms with Crippen molar-refractivity contribution in [3.63, 3.8) is 0 Å². The third-order valence-electron chi connectivity index (χ3n) is 6.09. The van der Waals surface area contributed by atoms with Gasteiger partial charge in [-0.15, -0.1) is 11.8 Å². The van der Waals surface area contributed by atoms with Gasteiger partial charge in [0.15, 0.2) is 0 Å². The van der Waals surface area contributed by atoms with Gasteiger partial charge < -0.3 is 0 Å². The molecule has 3 saturated heterocycles. The highest BCUT2D eigenvalue weighted by molar-refractivity contribution is 7.99. The Balaban J connectivity index is 1.72. The summed E-state index contributed by atoms with van der Waals surface area (Å²) >= 11 is 1.81. The van der Waals surface area contributed by atoms with Crippen LogP contribution in [0.2, 0.25) is 0 Å². The minimum Gasteiger partial charge on any atom is -0.287 e. The molecular weight excluding hydrogens is 350 g/mol. The van der Waals surface area contributed by atoms with Gasteiger partial charge in [0.05, 0.1) is 23.4 Å². The second-order valence-corrected chi connectivity index (χ2v) is 8.30. The van der Waals surface area contributed by atoms with E-state index in [1.54, 1.807) is 30.3 Å². The van der Waals surface area contributed by atoms with E-state index in [0.717, 1.165) is 28.1 Å². The molecule has 7 heteroatoms. The minimum absolute atomic E-state index is 0.0553.